The maximum atomic E-state index is 12.7. The summed E-state index contributed by atoms with van der Waals surface area (Å²) in [6.07, 6.45) is 4.54. The summed E-state index contributed by atoms with van der Waals surface area (Å²) in [5.41, 5.74) is 2.50. The predicted molar refractivity (Wildman–Crippen MR) is 75.0 cm³/mol. The van der Waals surface area contributed by atoms with Crippen molar-refractivity contribution >= 4 is 5.91 Å². The quantitative estimate of drug-likeness (QED) is 0.926. The third-order valence-corrected chi connectivity index (χ3v) is 3.90. The molecule has 1 amide bonds. The number of nitrogens with zero attached hydrogens (tertiary/aromatic N) is 3. The molecule has 1 aliphatic rings. The molecule has 0 saturated heterocycles. The molecular weight excluding hydrogens is 252 g/mol. The molecule has 0 spiro atoms. The number of amides is 1. The van der Waals surface area contributed by atoms with E-state index in [9.17, 15) is 4.79 Å². The SMILES string of the molecule is CN(Cc1ncn[nH]1)C(=O)C1CCCc2ccccc21. The number of likely N-dealkylation sites (N-methyl/N-ethyl adjacent to an activating group) is 1. The minimum absolute atomic E-state index is 0.0205. The van der Waals surface area contributed by atoms with E-state index in [2.05, 4.69) is 27.3 Å². The molecule has 0 saturated carbocycles. The lowest BCUT2D eigenvalue weighted by Gasteiger charge is -2.28. The number of carbonyl (C=O) groups is 1. The van der Waals surface area contributed by atoms with E-state index in [4.69, 9.17) is 0 Å². The van der Waals surface area contributed by atoms with Gasteiger partial charge in [0.25, 0.3) is 0 Å². The molecule has 2 aromatic rings. The van der Waals surface area contributed by atoms with Crippen LogP contribution in [0.5, 0.6) is 0 Å². The minimum atomic E-state index is -0.0205. The molecule has 1 N–H and O–H groups in total. The maximum absolute atomic E-state index is 12.7. The zero-order valence-corrected chi connectivity index (χ0v) is 11.5. The summed E-state index contributed by atoms with van der Waals surface area (Å²) < 4.78 is 0. The van der Waals surface area contributed by atoms with Crippen LogP contribution in [0.15, 0.2) is 30.6 Å². The van der Waals surface area contributed by atoms with E-state index >= 15 is 0 Å². The fourth-order valence-corrected chi connectivity index (χ4v) is 2.89. The predicted octanol–water partition coefficient (Wildman–Crippen LogP) is 1.88. The second-order valence-corrected chi connectivity index (χ2v) is 5.27. The van der Waals surface area contributed by atoms with E-state index in [-0.39, 0.29) is 11.8 Å². The average molecular weight is 270 g/mol. The van der Waals surface area contributed by atoms with Crippen molar-refractivity contribution < 1.29 is 4.79 Å². The Balaban J connectivity index is 1.77. The summed E-state index contributed by atoms with van der Waals surface area (Å²) in [5, 5.41) is 6.60. The molecule has 1 heterocycles. The molecule has 20 heavy (non-hydrogen) atoms. The number of nitrogens with one attached hydrogen (secondary N) is 1. The molecule has 1 aromatic carbocycles. The van der Waals surface area contributed by atoms with Gasteiger partial charge in [0.15, 0.2) is 0 Å². The first kappa shape index (κ1) is 12.8. The molecule has 3 rings (SSSR count). The van der Waals surface area contributed by atoms with Crippen molar-refractivity contribution in [2.75, 3.05) is 7.05 Å². The van der Waals surface area contributed by atoms with Crippen molar-refractivity contribution in [3.63, 3.8) is 0 Å². The lowest BCUT2D eigenvalue weighted by atomic mass is 9.82. The lowest BCUT2D eigenvalue weighted by molar-refractivity contribution is -0.132. The molecule has 1 aromatic heterocycles. The Morgan fingerprint density at radius 2 is 2.30 bits per heavy atom. The highest BCUT2D eigenvalue weighted by Crippen LogP contribution is 2.32. The maximum Gasteiger partial charge on any atom is 0.230 e. The highest BCUT2D eigenvalue weighted by molar-refractivity contribution is 5.84. The van der Waals surface area contributed by atoms with E-state index < -0.39 is 0 Å². The molecule has 1 atom stereocenters. The van der Waals surface area contributed by atoms with Gasteiger partial charge in [-0.15, -0.1) is 0 Å². The third kappa shape index (κ3) is 2.43. The van der Waals surface area contributed by atoms with Crippen molar-refractivity contribution in [3.05, 3.63) is 47.5 Å². The Morgan fingerprint density at radius 1 is 1.45 bits per heavy atom. The monoisotopic (exact) mass is 270 g/mol. The fraction of sp³-hybridized carbons (Fsp3) is 0.400. The Labute approximate surface area is 118 Å². The fourth-order valence-electron chi connectivity index (χ4n) is 2.89. The second-order valence-electron chi connectivity index (χ2n) is 5.27. The van der Waals surface area contributed by atoms with Gasteiger partial charge in [-0.3, -0.25) is 9.89 Å². The molecular formula is C15H18N4O. The zero-order valence-electron chi connectivity index (χ0n) is 11.5. The zero-order chi connectivity index (χ0) is 13.9. The van der Waals surface area contributed by atoms with Gasteiger partial charge in [0, 0.05) is 7.05 Å². The van der Waals surface area contributed by atoms with Crippen LogP contribution < -0.4 is 0 Å². The number of aryl methyl sites for hydroxylation is 1. The molecule has 0 fully saturated rings. The van der Waals surface area contributed by atoms with Crippen LogP contribution in [0.3, 0.4) is 0 Å². The molecule has 1 aliphatic carbocycles. The number of benzene rings is 1. The number of fused-ring (bicyclic) bond motifs is 1. The largest absolute Gasteiger partial charge is 0.338 e. The van der Waals surface area contributed by atoms with Crippen molar-refractivity contribution in [3.8, 4) is 0 Å². The molecule has 5 heteroatoms. The van der Waals surface area contributed by atoms with Gasteiger partial charge in [-0.05, 0) is 30.4 Å². The van der Waals surface area contributed by atoms with Crippen LogP contribution in [-0.4, -0.2) is 33.0 Å². The Kier molecular flexibility index (Phi) is 3.50. The minimum Gasteiger partial charge on any atom is -0.338 e. The van der Waals surface area contributed by atoms with Crippen LogP contribution in [0.4, 0.5) is 0 Å². The van der Waals surface area contributed by atoms with E-state index in [0.717, 1.165) is 19.3 Å². The molecule has 104 valence electrons. The Morgan fingerprint density at radius 3 is 3.10 bits per heavy atom. The average Bonchev–Trinajstić information content (AvgIpc) is 2.99. The lowest BCUT2D eigenvalue weighted by Crippen LogP contribution is -2.33. The standard InChI is InChI=1S/C15H18N4O/c1-19(9-14-16-10-17-18-14)15(20)13-8-4-6-11-5-2-3-7-12(11)13/h2-3,5,7,10,13H,4,6,8-9H2,1H3,(H,16,17,18). The summed E-state index contributed by atoms with van der Waals surface area (Å²) in [4.78, 5) is 18.4. The summed E-state index contributed by atoms with van der Waals surface area (Å²) in [5.74, 6) is 0.853. The van der Waals surface area contributed by atoms with Crippen LogP contribution in [0, 0.1) is 0 Å². The van der Waals surface area contributed by atoms with Gasteiger partial charge in [0.2, 0.25) is 5.91 Å². The Bertz CT molecular complexity index is 594. The number of hydrogen-bond donors (Lipinski definition) is 1. The second kappa shape index (κ2) is 5.45. The number of carbonyl (C=O) groups excluding carboxylic acids is 1. The Hall–Kier alpha value is -2.17. The van der Waals surface area contributed by atoms with Gasteiger partial charge in [0.05, 0.1) is 12.5 Å². The summed E-state index contributed by atoms with van der Waals surface area (Å²) in [7, 11) is 1.82. The molecule has 5 nitrogen and oxygen atoms in total. The molecule has 0 aliphatic heterocycles. The van der Waals surface area contributed by atoms with Gasteiger partial charge in [0.1, 0.15) is 12.2 Å². The molecule has 1 unspecified atom stereocenters. The topological polar surface area (TPSA) is 61.9 Å². The first-order valence-corrected chi connectivity index (χ1v) is 6.92. The number of rotatable bonds is 3. The molecule has 0 radical (unpaired) electrons. The van der Waals surface area contributed by atoms with Crippen molar-refractivity contribution in [1.29, 1.82) is 0 Å². The van der Waals surface area contributed by atoms with Crippen LogP contribution >= 0.6 is 0 Å². The van der Waals surface area contributed by atoms with E-state index in [1.165, 1.54) is 17.5 Å². The van der Waals surface area contributed by atoms with E-state index in [1.807, 2.05) is 19.2 Å². The number of aromatic amines is 1. The van der Waals surface area contributed by atoms with Crippen LogP contribution in [-0.2, 0) is 17.8 Å². The smallest absolute Gasteiger partial charge is 0.230 e. The third-order valence-electron chi connectivity index (χ3n) is 3.90. The number of H-pyrrole nitrogens is 1. The van der Waals surface area contributed by atoms with Crippen molar-refractivity contribution in [2.24, 2.45) is 0 Å². The normalized spacial score (nSPS) is 17.6. The highest BCUT2D eigenvalue weighted by Gasteiger charge is 2.28. The highest BCUT2D eigenvalue weighted by atomic mass is 16.2. The van der Waals surface area contributed by atoms with Crippen LogP contribution in [0.1, 0.15) is 35.7 Å². The number of aromatic nitrogens is 3. The summed E-state index contributed by atoms with van der Waals surface area (Å²) in [6, 6.07) is 8.27. The molecule has 0 bridgehead atoms. The summed E-state index contributed by atoms with van der Waals surface area (Å²) >= 11 is 0. The number of hydrogen-bond acceptors (Lipinski definition) is 3. The first-order valence-electron chi connectivity index (χ1n) is 6.92. The van der Waals surface area contributed by atoms with Gasteiger partial charge in [-0.25, -0.2) is 4.98 Å². The summed E-state index contributed by atoms with van der Waals surface area (Å²) in [6.45, 7) is 0.470. The van der Waals surface area contributed by atoms with E-state index in [1.54, 1.807) is 4.90 Å². The van der Waals surface area contributed by atoms with Crippen molar-refractivity contribution in [1.82, 2.24) is 20.1 Å². The van der Waals surface area contributed by atoms with Crippen LogP contribution in [0.2, 0.25) is 0 Å². The van der Waals surface area contributed by atoms with Gasteiger partial charge in [-0.2, -0.15) is 5.10 Å². The van der Waals surface area contributed by atoms with Crippen LogP contribution in [0.25, 0.3) is 0 Å². The first-order chi connectivity index (χ1) is 9.75. The van der Waals surface area contributed by atoms with Gasteiger partial charge >= 0.3 is 0 Å². The van der Waals surface area contributed by atoms with Crippen molar-refractivity contribution in [2.45, 2.75) is 31.7 Å². The van der Waals surface area contributed by atoms with Gasteiger partial charge in [-0.1, -0.05) is 24.3 Å². The van der Waals surface area contributed by atoms with E-state index in [0.29, 0.717) is 12.4 Å². The van der Waals surface area contributed by atoms with Gasteiger partial charge < -0.3 is 4.90 Å².